The van der Waals surface area contributed by atoms with E-state index in [2.05, 4.69) is 15.0 Å². The summed E-state index contributed by atoms with van der Waals surface area (Å²) in [5.41, 5.74) is 2.21. The monoisotopic (exact) mass is 363 g/mol. The molecule has 0 saturated carbocycles. The van der Waals surface area contributed by atoms with Gasteiger partial charge in [0, 0.05) is 18.7 Å². The molecule has 3 aromatic rings. The molecule has 0 spiro atoms. The van der Waals surface area contributed by atoms with Gasteiger partial charge in [0.15, 0.2) is 0 Å². The van der Waals surface area contributed by atoms with Gasteiger partial charge in [-0.2, -0.15) is 0 Å². The number of hydrogen-bond acceptors (Lipinski definition) is 3. The SMILES string of the molecule is O=C(NCCCn1cnc2ccccc21)c1ccc(OC(F)(F)F)cc1. The quantitative estimate of drug-likeness (QED) is 0.679. The van der Waals surface area contributed by atoms with Crippen LogP contribution in [-0.4, -0.2) is 28.4 Å². The fourth-order valence-electron chi connectivity index (χ4n) is 2.55. The number of alkyl halides is 3. The van der Waals surface area contributed by atoms with Gasteiger partial charge in [0.05, 0.1) is 17.4 Å². The lowest BCUT2D eigenvalue weighted by atomic mass is 10.2. The number of halogens is 3. The molecule has 26 heavy (non-hydrogen) atoms. The van der Waals surface area contributed by atoms with Crippen molar-refractivity contribution in [1.82, 2.24) is 14.9 Å². The van der Waals surface area contributed by atoms with E-state index in [0.29, 0.717) is 19.5 Å². The zero-order chi connectivity index (χ0) is 18.6. The summed E-state index contributed by atoms with van der Waals surface area (Å²) in [6, 6.07) is 12.6. The summed E-state index contributed by atoms with van der Waals surface area (Å²) >= 11 is 0. The predicted molar refractivity (Wildman–Crippen MR) is 89.8 cm³/mol. The van der Waals surface area contributed by atoms with Crippen LogP contribution in [0.4, 0.5) is 13.2 Å². The number of amides is 1. The molecule has 0 fully saturated rings. The highest BCUT2D eigenvalue weighted by molar-refractivity contribution is 5.94. The van der Waals surface area contributed by atoms with Crippen molar-refractivity contribution in [2.75, 3.05) is 6.54 Å². The van der Waals surface area contributed by atoms with Gasteiger partial charge in [-0.1, -0.05) is 12.1 Å². The van der Waals surface area contributed by atoms with E-state index in [1.165, 1.54) is 12.1 Å². The second-order valence-corrected chi connectivity index (χ2v) is 5.61. The van der Waals surface area contributed by atoms with E-state index in [4.69, 9.17) is 0 Å². The summed E-state index contributed by atoms with van der Waals surface area (Å²) in [5, 5.41) is 2.74. The highest BCUT2D eigenvalue weighted by Crippen LogP contribution is 2.22. The van der Waals surface area contributed by atoms with Gasteiger partial charge in [-0.25, -0.2) is 4.98 Å². The molecule has 1 heterocycles. The molecule has 8 heteroatoms. The van der Waals surface area contributed by atoms with Crippen LogP contribution in [0.3, 0.4) is 0 Å². The van der Waals surface area contributed by atoms with Gasteiger partial charge in [-0.3, -0.25) is 4.79 Å². The van der Waals surface area contributed by atoms with Crippen LogP contribution in [0.2, 0.25) is 0 Å². The van der Waals surface area contributed by atoms with E-state index >= 15 is 0 Å². The third kappa shape index (κ3) is 4.53. The van der Waals surface area contributed by atoms with E-state index in [9.17, 15) is 18.0 Å². The maximum absolute atomic E-state index is 12.1. The number of carbonyl (C=O) groups excluding carboxylic acids is 1. The van der Waals surface area contributed by atoms with Crippen LogP contribution < -0.4 is 10.1 Å². The van der Waals surface area contributed by atoms with E-state index in [-0.39, 0.29) is 17.2 Å². The molecule has 136 valence electrons. The first kappa shape index (κ1) is 17.8. The van der Waals surface area contributed by atoms with E-state index in [1.54, 1.807) is 6.33 Å². The van der Waals surface area contributed by atoms with E-state index < -0.39 is 6.36 Å². The summed E-state index contributed by atoms with van der Waals surface area (Å²) in [6.45, 7) is 1.13. The van der Waals surface area contributed by atoms with Gasteiger partial charge in [-0.15, -0.1) is 13.2 Å². The van der Waals surface area contributed by atoms with Crippen molar-refractivity contribution in [3.63, 3.8) is 0 Å². The average Bonchev–Trinajstić information content (AvgIpc) is 3.01. The standard InChI is InChI=1S/C18H16F3N3O2/c19-18(20,21)26-14-8-6-13(7-9-14)17(25)22-10-3-11-24-12-23-15-4-1-2-5-16(15)24/h1-2,4-9,12H,3,10-11H2,(H,22,25). The lowest BCUT2D eigenvalue weighted by Gasteiger charge is -2.10. The van der Waals surface area contributed by atoms with Crippen LogP contribution in [0.1, 0.15) is 16.8 Å². The van der Waals surface area contributed by atoms with Crippen molar-refractivity contribution >= 4 is 16.9 Å². The van der Waals surface area contributed by atoms with E-state index in [1.807, 2.05) is 28.8 Å². The van der Waals surface area contributed by atoms with Crippen LogP contribution in [0.25, 0.3) is 11.0 Å². The lowest BCUT2D eigenvalue weighted by Crippen LogP contribution is -2.25. The zero-order valence-electron chi connectivity index (χ0n) is 13.7. The van der Waals surface area contributed by atoms with Gasteiger partial charge < -0.3 is 14.6 Å². The number of aromatic nitrogens is 2. The summed E-state index contributed by atoms with van der Waals surface area (Å²) in [4.78, 5) is 16.3. The number of imidazole rings is 1. The first-order chi connectivity index (χ1) is 12.4. The number of ether oxygens (including phenoxy) is 1. The Morgan fingerprint density at radius 3 is 2.58 bits per heavy atom. The Labute approximate surface area is 147 Å². The number of benzene rings is 2. The molecule has 0 saturated heterocycles. The summed E-state index contributed by atoms with van der Waals surface area (Å²) in [6.07, 6.45) is -2.30. The van der Waals surface area contributed by atoms with Gasteiger partial charge in [-0.05, 0) is 42.8 Å². The number of aryl methyl sites for hydroxylation is 1. The number of hydrogen-bond donors (Lipinski definition) is 1. The van der Waals surface area contributed by atoms with Crippen LogP contribution in [-0.2, 0) is 6.54 Å². The normalized spacial score (nSPS) is 11.5. The summed E-state index contributed by atoms with van der Waals surface area (Å²) in [7, 11) is 0. The molecule has 1 N–H and O–H groups in total. The number of rotatable bonds is 6. The van der Waals surface area contributed by atoms with Gasteiger partial charge in [0.25, 0.3) is 5.91 Å². The third-order valence-corrected chi connectivity index (χ3v) is 3.74. The molecule has 1 amide bonds. The van der Waals surface area contributed by atoms with Crippen molar-refractivity contribution < 1.29 is 22.7 Å². The Hall–Kier alpha value is -3.03. The molecule has 5 nitrogen and oxygen atoms in total. The van der Waals surface area contributed by atoms with Crippen LogP contribution in [0.15, 0.2) is 54.9 Å². The average molecular weight is 363 g/mol. The molecule has 2 aromatic carbocycles. The molecular weight excluding hydrogens is 347 g/mol. The summed E-state index contributed by atoms with van der Waals surface area (Å²) < 4.78 is 42.1. The van der Waals surface area contributed by atoms with Crippen molar-refractivity contribution in [3.8, 4) is 5.75 Å². The van der Waals surface area contributed by atoms with Crippen LogP contribution in [0.5, 0.6) is 5.75 Å². The minimum atomic E-state index is -4.75. The summed E-state index contributed by atoms with van der Waals surface area (Å²) in [5.74, 6) is -0.708. The minimum absolute atomic E-state index is 0.271. The highest BCUT2D eigenvalue weighted by Gasteiger charge is 2.31. The van der Waals surface area contributed by atoms with Gasteiger partial charge >= 0.3 is 6.36 Å². The predicted octanol–water partition coefficient (Wildman–Crippen LogP) is 3.76. The smallest absolute Gasteiger partial charge is 0.406 e. The number of carbonyl (C=O) groups is 1. The van der Waals surface area contributed by atoms with E-state index in [0.717, 1.165) is 23.2 Å². The highest BCUT2D eigenvalue weighted by atomic mass is 19.4. The van der Waals surface area contributed by atoms with Crippen LogP contribution in [0, 0.1) is 0 Å². The second-order valence-electron chi connectivity index (χ2n) is 5.61. The number of nitrogens with zero attached hydrogens (tertiary/aromatic N) is 2. The molecule has 0 bridgehead atoms. The van der Waals surface area contributed by atoms with Crippen molar-refractivity contribution in [2.24, 2.45) is 0 Å². The van der Waals surface area contributed by atoms with Crippen LogP contribution >= 0.6 is 0 Å². The molecule has 0 atom stereocenters. The Morgan fingerprint density at radius 1 is 1.12 bits per heavy atom. The molecule has 0 radical (unpaired) electrons. The largest absolute Gasteiger partial charge is 0.573 e. The van der Waals surface area contributed by atoms with Gasteiger partial charge in [0.1, 0.15) is 5.75 Å². The first-order valence-corrected chi connectivity index (χ1v) is 7.96. The molecule has 1 aromatic heterocycles. The topological polar surface area (TPSA) is 56.2 Å². The fourth-order valence-corrected chi connectivity index (χ4v) is 2.55. The molecule has 0 aliphatic heterocycles. The molecule has 0 aliphatic carbocycles. The number of fused-ring (bicyclic) bond motifs is 1. The Morgan fingerprint density at radius 2 is 1.85 bits per heavy atom. The maximum atomic E-state index is 12.1. The molecule has 3 rings (SSSR count). The Kier molecular flexibility index (Phi) is 5.11. The van der Waals surface area contributed by atoms with Crippen molar-refractivity contribution in [1.29, 1.82) is 0 Å². The number of para-hydroxylation sites is 2. The number of nitrogens with one attached hydrogen (secondary N) is 1. The first-order valence-electron chi connectivity index (χ1n) is 7.96. The van der Waals surface area contributed by atoms with Gasteiger partial charge in [0.2, 0.25) is 0 Å². The molecular formula is C18H16F3N3O2. The lowest BCUT2D eigenvalue weighted by molar-refractivity contribution is -0.274. The third-order valence-electron chi connectivity index (χ3n) is 3.74. The van der Waals surface area contributed by atoms with Crippen molar-refractivity contribution in [3.05, 3.63) is 60.4 Å². The van der Waals surface area contributed by atoms with Crippen molar-refractivity contribution in [2.45, 2.75) is 19.3 Å². The Balaban J connectivity index is 1.48. The second kappa shape index (κ2) is 7.47. The minimum Gasteiger partial charge on any atom is -0.406 e. The maximum Gasteiger partial charge on any atom is 0.573 e. The molecule has 0 aliphatic rings. The molecule has 0 unspecified atom stereocenters. The Bertz CT molecular complexity index is 889. The zero-order valence-corrected chi connectivity index (χ0v) is 13.7. The fraction of sp³-hybridized carbons (Fsp3) is 0.222.